The van der Waals surface area contributed by atoms with Crippen LogP contribution in [0.1, 0.15) is 29.4 Å². The first kappa shape index (κ1) is 30.2. The molecule has 14 heteroatoms. The van der Waals surface area contributed by atoms with Gasteiger partial charge in [0.1, 0.15) is 5.82 Å². The van der Waals surface area contributed by atoms with Crippen LogP contribution >= 0.6 is 24.0 Å². The molecule has 2 heterocycles. The maximum Gasteiger partial charge on any atom is 0.417 e. The highest BCUT2D eigenvalue weighted by molar-refractivity contribution is 7.89. The lowest BCUT2D eigenvalue weighted by molar-refractivity contribution is -0.259. The second-order valence-electron chi connectivity index (χ2n) is 8.47. The number of nitrogens with zero attached hydrogens (tertiary/aromatic N) is 4. The topological polar surface area (TPSA) is 108 Å². The largest absolute Gasteiger partial charge is 0.529 e. The minimum Gasteiger partial charge on any atom is -0.529 e. The van der Waals surface area contributed by atoms with Gasteiger partial charge in [-0.15, -0.1) is 12.4 Å². The van der Waals surface area contributed by atoms with E-state index in [0.29, 0.717) is 34.6 Å². The van der Waals surface area contributed by atoms with E-state index >= 15 is 0 Å². The van der Waals surface area contributed by atoms with Gasteiger partial charge in [0, 0.05) is 24.8 Å². The van der Waals surface area contributed by atoms with Crippen molar-refractivity contribution in [2.45, 2.75) is 37.9 Å². The Kier molecular flexibility index (Phi) is 8.83. The Morgan fingerprint density at radius 2 is 1.79 bits per heavy atom. The Labute approximate surface area is 233 Å². The molecule has 4 aromatic rings. The van der Waals surface area contributed by atoms with Crippen molar-refractivity contribution >= 4 is 51.2 Å². The Morgan fingerprint density at radius 1 is 1.13 bits per heavy atom. The minimum atomic E-state index is -4.62. The number of rotatable bonds is 7. The van der Waals surface area contributed by atoms with E-state index in [9.17, 15) is 31.5 Å². The van der Waals surface area contributed by atoms with Gasteiger partial charge in [0.2, 0.25) is 0 Å². The van der Waals surface area contributed by atoms with Gasteiger partial charge >= 0.3 is 6.18 Å². The summed E-state index contributed by atoms with van der Waals surface area (Å²) in [7, 11) is -4.43. The van der Waals surface area contributed by atoms with Crippen molar-refractivity contribution in [1.82, 2.24) is 18.8 Å². The van der Waals surface area contributed by atoms with Crippen LogP contribution in [-0.4, -0.2) is 39.9 Å². The fourth-order valence-corrected chi connectivity index (χ4v) is 5.41. The maximum absolute atomic E-state index is 13.3. The van der Waals surface area contributed by atoms with E-state index < -0.39 is 44.4 Å². The zero-order valence-corrected chi connectivity index (χ0v) is 23.0. The monoisotopic (exact) mass is 601 g/mol. The fraction of sp³-hybridized carbons (Fsp3) is 0.240. The van der Waals surface area contributed by atoms with Crippen molar-refractivity contribution in [2.75, 3.05) is 6.54 Å². The third kappa shape index (κ3) is 6.13. The first-order valence-electron chi connectivity index (χ1n) is 11.4. The summed E-state index contributed by atoms with van der Waals surface area (Å²) in [6, 6.07) is 11.6. The van der Waals surface area contributed by atoms with Crippen LogP contribution in [0, 0.1) is 6.92 Å². The SMILES string of the molecule is CCc1nc2cc(C(F)(F)F)c(Cl)cc2n1-c1ccc(CCN(C(=O)[O-])S(=O)(=O)c2ccc(C)cn2)cc1.Cl. The molecule has 4 rings (SSSR count). The number of carbonyl (C=O) groups excluding carboxylic acids is 1. The summed E-state index contributed by atoms with van der Waals surface area (Å²) in [5.41, 5.74) is 1.49. The molecule has 2 aromatic carbocycles. The average molecular weight is 602 g/mol. The third-order valence-electron chi connectivity index (χ3n) is 5.87. The summed E-state index contributed by atoms with van der Waals surface area (Å²) in [5, 5.41) is 10.8. The number of amides is 1. The number of hydrogen-bond donors (Lipinski definition) is 0. The molecule has 0 radical (unpaired) electrons. The normalized spacial score (nSPS) is 11.8. The van der Waals surface area contributed by atoms with Crippen LogP contribution in [0.4, 0.5) is 18.0 Å². The molecule has 0 spiro atoms. The predicted octanol–water partition coefficient (Wildman–Crippen LogP) is 4.96. The number of aryl methyl sites for hydroxylation is 2. The number of fused-ring (bicyclic) bond motifs is 1. The van der Waals surface area contributed by atoms with E-state index in [0.717, 1.165) is 6.07 Å². The number of pyridine rings is 1. The Bertz CT molecular complexity index is 1610. The molecule has 1 amide bonds. The van der Waals surface area contributed by atoms with E-state index in [1.807, 2.05) is 6.92 Å². The summed E-state index contributed by atoms with van der Waals surface area (Å²) in [4.78, 5) is 19.8. The average Bonchev–Trinajstić information content (AvgIpc) is 3.21. The standard InChI is InChI=1S/C25H22ClF3N4O4S.ClH/c1-3-22-31-20-12-18(25(27,28)29)19(26)13-21(20)33(22)17-7-5-16(6-8-17)10-11-32(24(34)35)38(36,37)23-9-4-15(2)14-30-23;/h4-9,12-14H,3,10-11H2,1-2H3,(H,34,35);1H/p-1. The van der Waals surface area contributed by atoms with Gasteiger partial charge in [0.15, 0.2) is 11.1 Å². The first-order chi connectivity index (χ1) is 17.8. The lowest BCUT2D eigenvalue weighted by atomic mass is 10.1. The molecule has 208 valence electrons. The van der Waals surface area contributed by atoms with Crippen LogP contribution in [0.25, 0.3) is 16.7 Å². The van der Waals surface area contributed by atoms with E-state index in [-0.39, 0.29) is 28.6 Å². The van der Waals surface area contributed by atoms with Crippen molar-refractivity contribution in [2.24, 2.45) is 0 Å². The van der Waals surface area contributed by atoms with Gasteiger partial charge in [-0.1, -0.05) is 36.7 Å². The summed E-state index contributed by atoms with van der Waals surface area (Å²) in [6.45, 7) is 3.13. The summed E-state index contributed by atoms with van der Waals surface area (Å²) >= 11 is 5.94. The molecule has 0 aliphatic carbocycles. The minimum absolute atomic E-state index is 0. The van der Waals surface area contributed by atoms with Crippen LogP contribution in [0.15, 0.2) is 59.8 Å². The van der Waals surface area contributed by atoms with Crippen LogP contribution < -0.4 is 5.11 Å². The highest BCUT2D eigenvalue weighted by Gasteiger charge is 2.34. The lowest BCUT2D eigenvalue weighted by Crippen LogP contribution is -2.46. The molecule has 0 aliphatic rings. The number of imidazole rings is 1. The molecule has 0 fully saturated rings. The molecule has 39 heavy (non-hydrogen) atoms. The number of alkyl halides is 3. The van der Waals surface area contributed by atoms with Gasteiger partial charge in [-0.25, -0.2) is 14.3 Å². The van der Waals surface area contributed by atoms with Gasteiger partial charge in [-0.2, -0.15) is 21.6 Å². The smallest absolute Gasteiger partial charge is 0.417 e. The number of carboxylic acid groups (broad SMARTS) is 1. The maximum atomic E-state index is 13.3. The van der Waals surface area contributed by atoms with E-state index in [4.69, 9.17) is 11.6 Å². The first-order valence-corrected chi connectivity index (χ1v) is 13.2. The molecule has 2 aromatic heterocycles. The fourth-order valence-electron chi connectivity index (χ4n) is 3.96. The molecule has 0 N–H and O–H groups in total. The molecular weight excluding hydrogens is 580 g/mol. The van der Waals surface area contributed by atoms with Crippen molar-refractivity contribution < 1.29 is 31.5 Å². The predicted molar refractivity (Wildman–Crippen MR) is 140 cm³/mol. The number of carbonyl (C=O) groups is 1. The quantitative estimate of drug-likeness (QED) is 0.296. The summed E-state index contributed by atoms with van der Waals surface area (Å²) in [6.07, 6.45) is -4.70. The van der Waals surface area contributed by atoms with Crippen LogP contribution in [0.5, 0.6) is 0 Å². The second-order valence-corrected chi connectivity index (χ2v) is 10.7. The lowest BCUT2D eigenvalue weighted by Gasteiger charge is -2.24. The van der Waals surface area contributed by atoms with E-state index in [1.165, 1.54) is 24.4 Å². The van der Waals surface area contributed by atoms with E-state index in [1.54, 1.807) is 35.8 Å². The Morgan fingerprint density at radius 3 is 2.33 bits per heavy atom. The highest BCUT2D eigenvalue weighted by atomic mass is 35.5. The Hall–Kier alpha value is -3.35. The van der Waals surface area contributed by atoms with Crippen molar-refractivity contribution in [3.63, 3.8) is 0 Å². The molecule has 0 aliphatic heterocycles. The van der Waals surface area contributed by atoms with Crippen LogP contribution in [0.2, 0.25) is 5.02 Å². The highest BCUT2D eigenvalue weighted by Crippen LogP contribution is 2.37. The van der Waals surface area contributed by atoms with Gasteiger partial charge in [0.25, 0.3) is 10.0 Å². The van der Waals surface area contributed by atoms with E-state index in [2.05, 4.69) is 9.97 Å². The third-order valence-corrected chi connectivity index (χ3v) is 7.87. The summed E-state index contributed by atoms with van der Waals surface area (Å²) in [5.74, 6) is 0.517. The molecule has 0 saturated heterocycles. The molecule has 0 unspecified atom stereocenters. The number of benzene rings is 2. The van der Waals surface area contributed by atoms with Gasteiger partial charge in [0.05, 0.1) is 21.6 Å². The number of sulfonamides is 1. The van der Waals surface area contributed by atoms with Crippen LogP contribution in [0.3, 0.4) is 0 Å². The zero-order chi connectivity index (χ0) is 27.8. The molecule has 0 atom stereocenters. The van der Waals surface area contributed by atoms with Gasteiger partial charge < -0.3 is 9.90 Å². The number of halogens is 5. The molecule has 0 bridgehead atoms. The second kappa shape index (κ2) is 11.4. The molecule has 0 saturated carbocycles. The van der Waals surface area contributed by atoms with Gasteiger partial charge in [-0.05, 0) is 54.8 Å². The van der Waals surface area contributed by atoms with Crippen molar-refractivity contribution in [3.8, 4) is 5.69 Å². The molecule has 8 nitrogen and oxygen atoms in total. The Balaban J connectivity index is 0.00000420. The van der Waals surface area contributed by atoms with Crippen molar-refractivity contribution in [1.29, 1.82) is 0 Å². The number of aromatic nitrogens is 3. The van der Waals surface area contributed by atoms with Gasteiger partial charge in [-0.3, -0.25) is 4.57 Å². The molecular formula is C25H22Cl2F3N4O4S-. The van der Waals surface area contributed by atoms with Crippen molar-refractivity contribution in [3.05, 3.63) is 82.3 Å². The zero-order valence-electron chi connectivity index (χ0n) is 20.6. The number of hydrogen-bond acceptors (Lipinski definition) is 6. The summed E-state index contributed by atoms with van der Waals surface area (Å²) < 4.78 is 67.4. The van der Waals surface area contributed by atoms with Crippen LogP contribution in [-0.2, 0) is 29.0 Å².